The molecule has 14 nitrogen and oxygen atoms in total. The molecule has 0 spiro atoms. The van der Waals surface area contributed by atoms with Gasteiger partial charge in [-0.25, -0.2) is 27.9 Å². The van der Waals surface area contributed by atoms with Crippen molar-refractivity contribution in [2.75, 3.05) is 23.8 Å². The number of hydrogen-bond acceptors (Lipinski definition) is 10. The third kappa shape index (κ3) is 13.3. The second kappa shape index (κ2) is 23.7. The highest BCUT2D eigenvalue weighted by atomic mass is 35.5. The van der Waals surface area contributed by atoms with E-state index >= 15 is 0 Å². The van der Waals surface area contributed by atoms with Crippen molar-refractivity contribution in [2.24, 2.45) is 17.6 Å². The van der Waals surface area contributed by atoms with Crippen molar-refractivity contribution in [1.82, 2.24) is 14.9 Å². The lowest BCUT2D eigenvalue weighted by Gasteiger charge is -2.16. The Morgan fingerprint density at radius 3 is 1.75 bits per heavy atom. The van der Waals surface area contributed by atoms with Crippen LogP contribution in [0.1, 0.15) is 106 Å². The number of carbonyl (C=O) groups excluding carboxylic acids is 6. The molecule has 0 saturated heterocycles. The molecule has 5 aromatic rings. The van der Waals surface area contributed by atoms with Crippen molar-refractivity contribution in [1.29, 1.82) is 0 Å². The number of halogens is 5. The first kappa shape index (κ1) is 51.2. The van der Waals surface area contributed by atoms with Gasteiger partial charge in [0.1, 0.15) is 29.5 Å². The SMILES string of the molecule is Cl.N[C@H]1CCc2c(C(=O)Nc3ccc(F)c(Cl)c3)cccc21.O=C1CC[C@@H](COC(=O)N[C@H]2CCc3c(C(=O)Nc4ccc(F)c(Cl)c4)cccc32)C1.O=C1CC[C@@H](COC(=O)n2ccnc2)C1. The van der Waals surface area contributed by atoms with E-state index < -0.39 is 23.8 Å². The molecule has 0 unspecified atom stereocenters. The van der Waals surface area contributed by atoms with Crippen LogP contribution in [0, 0.1) is 23.5 Å². The smallest absolute Gasteiger partial charge is 0.419 e. The quantitative estimate of drug-likeness (QED) is 0.110. The lowest BCUT2D eigenvalue weighted by atomic mass is 10.0. The molecule has 0 bridgehead atoms. The van der Waals surface area contributed by atoms with E-state index in [0.717, 1.165) is 47.9 Å². The molecule has 2 saturated carbocycles. The molecular weight excluding hydrogens is 945 g/mol. The predicted molar refractivity (Wildman–Crippen MR) is 253 cm³/mol. The number of amides is 3. The van der Waals surface area contributed by atoms with Crippen molar-refractivity contribution in [2.45, 2.75) is 76.3 Å². The van der Waals surface area contributed by atoms with Crippen molar-refractivity contribution < 1.29 is 47.0 Å². The molecule has 1 aromatic heterocycles. The molecule has 4 aromatic carbocycles. The normalized spacial score (nSPS) is 18.7. The minimum atomic E-state index is -0.555. The molecule has 5 N–H and O–H groups in total. The third-order valence-corrected chi connectivity index (χ3v) is 12.6. The van der Waals surface area contributed by atoms with Crippen LogP contribution in [0.4, 0.5) is 29.7 Å². The van der Waals surface area contributed by atoms with E-state index in [4.69, 9.17) is 38.4 Å². The first-order chi connectivity index (χ1) is 32.2. The summed E-state index contributed by atoms with van der Waals surface area (Å²) in [6.45, 7) is 0.558. The van der Waals surface area contributed by atoms with E-state index in [1.54, 1.807) is 18.2 Å². The number of ether oxygens (including phenoxy) is 2. The number of Topliss-reactive ketones (excluding diaryl/α,β-unsaturated/α-hetero) is 2. The van der Waals surface area contributed by atoms with Crippen LogP contribution in [0.2, 0.25) is 10.0 Å². The maximum Gasteiger partial charge on any atom is 0.419 e. The molecule has 4 aliphatic carbocycles. The van der Waals surface area contributed by atoms with Gasteiger partial charge in [-0.05, 0) is 109 Å². The van der Waals surface area contributed by atoms with Gasteiger partial charge in [0, 0.05) is 78.5 Å². The van der Waals surface area contributed by atoms with Gasteiger partial charge >= 0.3 is 12.2 Å². The van der Waals surface area contributed by atoms with Gasteiger partial charge in [0.25, 0.3) is 11.8 Å². The van der Waals surface area contributed by atoms with Gasteiger partial charge in [-0.1, -0.05) is 47.5 Å². The maximum absolute atomic E-state index is 13.3. The number of ketones is 2. The van der Waals surface area contributed by atoms with Crippen LogP contribution in [-0.4, -0.2) is 58.3 Å². The molecule has 0 radical (unpaired) electrons. The fourth-order valence-corrected chi connectivity index (χ4v) is 8.90. The molecule has 4 atom stereocenters. The van der Waals surface area contributed by atoms with E-state index in [2.05, 4.69) is 20.9 Å². The van der Waals surface area contributed by atoms with Gasteiger partial charge in [-0.2, -0.15) is 0 Å². The van der Waals surface area contributed by atoms with E-state index in [1.165, 1.54) is 59.7 Å². The summed E-state index contributed by atoms with van der Waals surface area (Å²) < 4.78 is 38.1. The average molecular weight is 994 g/mol. The Kier molecular flexibility index (Phi) is 17.8. The lowest BCUT2D eigenvalue weighted by molar-refractivity contribution is -0.118. The van der Waals surface area contributed by atoms with Gasteiger partial charge in [0.15, 0.2) is 0 Å². The molecule has 2 fully saturated rings. The molecule has 19 heteroatoms. The summed E-state index contributed by atoms with van der Waals surface area (Å²) in [5.41, 5.74) is 11.7. The molecule has 1 heterocycles. The van der Waals surface area contributed by atoms with E-state index in [1.807, 2.05) is 18.2 Å². The standard InChI is InChI=1S/C23H22ClFN2O4.C16H14ClFN2O.C10H12N2O3.ClH/c24-19-11-14(5-8-20(19)25)26-22(29)18-3-1-2-17-16(18)7-9-21(17)27-23(30)31-12-13-4-6-15(28)10-13;17-13-8-9(4-6-14(13)18)20-16(21)12-3-1-2-11-10(12)5-7-15(11)19;13-9-2-1-8(5-9)6-15-10(14)12-4-3-11-7-12;/h1-3,5,8,11,13,21H,4,6-7,9-10,12H2,(H,26,29)(H,27,30);1-4,6,8,15H,5,7,19H2,(H,20,21);3-4,7-8H,1-2,5-6H2;1H/t13-,21+;15-;8-;/m101./s1. The number of alkyl carbamates (subject to hydrolysis) is 1. The minimum absolute atomic E-state index is 0. The third-order valence-electron chi connectivity index (χ3n) is 12.0. The fraction of sp³-hybridized carbons (Fsp3) is 0.327. The Labute approximate surface area is 407 Å². The number of rotatable bonds is 9. The summed E-state index contributed by atoms with van der Waals surface area (Å²) >= 11 is 11.5. The van der Waals surface area contributed by atoms with Crippen LogP contribution < -0.4 is 21.7 Å². The molecule has 3 amide bonds. The highest BCUT2D eigenvalue weighted by molar-refractivity contribution is 6.31. The Morgan fingerprint density at radius 1 is 0.706 bits per heavy atom. The summed E-state index contributed by atoms with van der Waals surface area (Å²) in [7, 11) is 0. The monoisotopic (exact) mass is 992 g/mol. The predicted octanol–water partition coefficient (Wildman–Crippen LogP) is 10.2. The van der Waals surface area contributed by atoms with Crippen molar-refractivity contribution >= 4 is 82.6 Å². The van der Waals surface area contributed by atoms with Crippen LogP contribution in [0.5, 0.6) is 0 Å². The number of fused-ring (bicyclic) bond motifs is 2. The average Bonchev–Trinajstić information content (AvgIpc) is 4.19. The number of carbonyl (C=O) groups is 6. The van der Waals surface area contributed by atoms with Gasteiger partial charge in [-0.3, -0.25) is 19.2 Å². The number of benzene rings is 4. The minimum Gasteiger partial charge on any atom is -0.449 e. The van der Waals surface area contributed by atoms with E-state index in [9.17, 15) is 37.5 Å². The second-order valence-electron chi connectivity index (χ2n) is 16.7. The van der Waals surface area contributed by atoms with Crippen LogP contribution >= 0.6 is 35.6 Å². The van der Waals surface area contributed by atoms with Gasteiger partial charge < -0.3 is 31.2 Å². The highest BCUT2D eigenvalue weighted by Gasteiger charge is 2.30. The summed E-state index contributed by atoms with van der Waals surface area (Å²) in [5.74, 6) is -0.848. The van der Waals surface area contributed by atoms with Gasteiger partial charge in [0.2, 0.25) is 0 Å². The number of imidazole rings is 1. The van der Waals surface area contributed by atoms with E-state index in [-0.39, 0.29) is 76.4 Å². The topological polar surface area (TPSA) is 201 Å². The molecule has 0 aliphatic heterocycles. The fourth-order valence-electron chi connectivity index (χ4n) is 8.54. The zero-order valence-corrected chi connectivity index (χ0v) is 38.9. The lowest BCUT2D eigenvalue weighted by Crippen LogP contribution is -2.29. The number of nitrogens with zero attached hydrogens (tertiary/aromatic N) is 2. The Bertz CT molecular complexity index is 2670. The van der Waals surface area contributed by atoms with Gasteiger partial charge in [-0.15, -0.1) is 12.4 Å². The molecule has 358 valence electrons. The van der Waals surface area contributed by atoms with Crippen LogP contribution in [-0.2, 0) is 31.9 Å². The molecule has 68 heavy (non-hydrogen) atoms. The van der Waals surface area contributed by atoms with Crippen molar-refractivity contribution in [3.63, 3.8) is 0 Å². The summed E-state index contributed by atoms with van der Waals surface area (Å²) in [5, 5.41) is 8.25. The summed E-state index contributed by atoms with van der Waals surface area (Å²) in [6.07, 6.45) is 10.2. The number of aromatic nitrogens is 2. The Hall–Kier alpha value is -6.20. The zero-order chi connectivity index (χ0) is 47.6. The van der Waals surface area contributed by atoms with Crippen LogP contribution in [0.3, 0.4) is 0 Å². The largest absolute Gasteiger partial charge is 0.449 e. The van der Waals surface area contributed by atoms with Gasteiger partial charge in [0.05, 0.1) is 29.3 Å². The summed E-state index contributed by atoms with van der Waals surface area (Å²) in [4.78, 5) is 74.8. The molecule has 9 rings (SSSR count). The number of anilines is 2. The molecule has 4 aliphatic rings. The number of nitrogens with one attached hydrogen (secondary N) is 3. The first-order valence-corrected chi connectivity index (χ1v) is 22.6. The number of hydrogen-bond donors (Lipinski definition) is 4. The molecular formula is C49H49Cl3F2N6O8. The summed E-state index contributed by atoms with van der Waals surface area (Å²) in [6, 6.07) is 18.8. The highest BCUT2D eigenvalue weighted by Crippen LogP contribution is 2.35. The Morgan fingerprint density at radius 2 is 1.24 bits per heavy atom. The maximum atomic E-state index is 13.3. The Balaban J connectivity index is 0.000000178. The second-order valence-corrected chi connectivity index (χ2v) is 17.5. The van der Waals surface area contributed by atoms with Crippen molar-refractivity contribution in [3.05, 3.63) is 147 Å². The van der Waals surface area contributed by atoms with E-state index in [0.29, 0.717) is 67.6 Å². The first-order valence-electron chi connectivity index (χ1n) is 21.9. The van der Waals surface area contributed by atoms with Crippen molar-refractivity contribution in [3.8, 4) is 0 Å². The van der Waals surface area contributed by atoms with Crippen LogP contribution in [0.25, 0.3) is 0 Å². The van der Waals surface area contributed by atoms with Crippen LogP contribution in [0.15, 0.2) is 91.5 Å². The zero-order valence-electron chi connectivity index (χ0n) is 36.6. The number of nitrogens with two attached hydrogens (primary N) is 1.